The summed E-state index contributed by atoms with van der Waals surface area (Å²) in [5.41, 5.74) is 5.39. The molecule has 1 aliphatic rings. The number of rotatable bonds is 4. The lowest BCUT2D eigenvalue weighted by molar-refractivity contribution is 0.183. The Balaban J connectivity index is 2.62. The molecular formula is C9H18FNO2S. The van der Waals surface area contributed by atoms with Crippen LogP contribution in [0.1, 0.15) is 19.8 Å². The van der Waals surface area contributed by atoms with Crippen LogP contribution < -0.4 is 5.73 Å². The zero-order valence-electron chi connectivity index (χ0n) is 8.45. The molecule has 0 saturated carbocycles. The van der Waals surface area contributed by atoms with Crippen molar-refractivity contribution >= 4 is 9.84 Å². The molecule has 3 nitrogen and oxygen atoms in total. The molecule has 0 aromatic rings. The number of nitrogens with two attached hydrogens (primary N) is 1. The molecule has 0 amide bonds. The first-order valence-corrected chi connectivity index (χ1v) is 6.83. The normalized spacial score (nSPS) is 30.1. The third-order valence-electron chi connectivity index (χ3n) is 2.96. The van der Waals surface area contributed by atoms with Gasteiger partial charge in [0.25, 0.3) is 0 Å². The second-order valence-corrected chi connectivity index (χ2v) is 6.31. The molecule has 0 aliphatic carbocycles. The Hall–Kier alpha value is -0.160. The van der Waals surface area contributed by atoms with Crippen LogP contribution in [0.15, 0.2) is 0 Å². The van der Waals surface area contributed by atoms with Gasteiger partial charge in [-0.3, -0.25) is 0 Å². The van der Waals surface area contributed by atoms with E-state index in [1.165, 1.54) is 6.92 Å². The van der Waals surface area contributed by atoms with Crippen LogP contribution in [0, 0.1) is 11.8 Å². The van der Waals surface area contributed by atoms with Crippen molar-refractivity contribution < 1.29 is 12.8 Å². The topological polar surface area (TPSA) is 60.2 Å². The third-order valence-corrected chi connectivity index (χ3v) is 4.76. The van der Waals surface area contributed by atoms with Gasteiger partial charge in [-0.05, 0) is 38.1 Å². The maximum Gasteiger partial charge on any atom is 0.150 e. The van der Waals surface area contributed by atoms with E-state index in [-0.39, 0.29) is 23.3 Å². The Morgan fingerprint density at radius 1 is 1.57 bits per heavy atom. The van der Waals surface area contributed by atoms with Crippen LogP contribution in [0.3, 0.4) is 0 Å². The van der Waals surface area contributed by atoms with E-state index in [9.17, 15) is 12.8 Å². The first-order valence-electron chi connectivity index (χ1n) is 5.01. The zero-order chi connectivity index (χ0) is 10.8. The first kappa shape index (κ1) is 11.9. The third kappa shape index (κ3) is 2.92. The van der Waals surface area contributed by atoms with Crippen LogP contribution in [0.5, 0.6) is 0 Å². The van der Waals surface area contributed by atoms with Gasteiger partial charge in [-0.1, -0.05) is 0 Å². The standard InChI is InChI=1S/C9H18FNO2S/c1-7(10)9(2-4-11)8-3-5-14(12,13)6-8/h7-9H,2-6,11H2,1H3. The highest BCUT2D eigenvalue weighted by molar-refractivity contribution is 7.91. The molecule has 3 atom stereocenters. The predicted octanol–water partition coefficient (Wildman–Crippen LogP) is 0.744. The highest BCUT2D eigenvalue weighted by Gasteiger charge is 2.35. The minimum absolute atomic E-state index is 0.0245. The molecule has 14 heavy (non-hydrogen) atoms. The number of sulfone groups is 1. The van der Waals surface area contributed by atoms with Gasteiger partial charge in [0.15, 0.2) is 9.84 Å². The van der Waals surface area contributed by atoms with Gasteiger partial charge in [-0.25, -0.2) is 12.8 Å². The van der Waals surface area contributed by atoms with Crippen LogP contribution >= 0.6 is 0 Å². The molecule has 5 heteroatoms. The summed E-state index contributed by atoms with van der Waals surface area (Å²) in [6.07, 6.45) is 0.218. The number of alkyl halides is 1. The quantitative estimate of drug-likeness (QED) is 0.765. The summed E-state index contributed by atoms with van der Waals surface area (Å²) >= 11 is 0. The average molecular weight is 223 g/mol. The number of hydrogen-bond acceptors (Lipinski definition) is 3. The largest absolute Gasteiger partial charge is 0.330 e. The van der Waals surface area contributed by atoms with Crippen LogP contribution in [0.2, 0.25) is 0 Å². The zero-order valence-corrected chi connectivity index (χ0v) is 9.26. The Kier molecular flexibility index (Phi) is 3.89. The maximum absolute atomic E-state index is 13.2. The molecule has 1 rings (SSSR count). The van der Waals surface area contributed by atoms with Crippen molar-refractivity contribution in [3.63, 3.8) is 0 Å². The van der Waals surface area contributed by atoms with E-state index < -0.39 is 16.0 Å². The van der Waals surface area contributed by atoms with Gasteiger partial charge in [0.2, 0.25) is 0 Å². The second kappa shape index (κ2) is 4.57. The van der Waals surface area contributed by atoms with E-state index in [2.05, 4.69) is 0 Å². The molecular weight excluding hydrogens is 205 g/mol. The monoisotopic (exact) mass is 223 g/mol. The molecule has 1 heterocycles. The van der Waals surface area contributed by atoms with E-state index in [1.54, 1.807) is 0 Å². The van der Waals surface area contributed by atoms with Gasteiger partial charge in [-0.15, -0.1) is 0 Å². The molecule has 2 N–H and O–H groups in total. The minimum atomic E-state index is -2.90. The van der Waals surface area contributed by atoms with Crippen molar-refractivity contribution in [1.82, 2.24) is 0 Å². The molecule has 0 radical (unpaired) electrons. The Bertz CT molecular complexity index is 277. The predicted molar refractivity (Wildman–Crippen MR) is 54.5 cm³/mol. The van der Waals surface area contributed by atoms with E-state index in [1.807, 2.05) is 0 Å². The summed E-state index contributed by atoms with van der Waals surface area (Å²) in [7, 11) is -2.90. The number of halogens is 1. The summed E-state index contributed by atoms with van der Waals surface area (Å²) in [5.74, 6) is 0.151. The van der Waals surface area contributed by atoms with Crippen molar-refractivity contribution in [3.8, 4) is 0 Å². The number of hydrogen-bond donors (Lipinski definition) is 1. The van der Waals surface area contributed by atoms with E-state index in [4.69, 9.17) is 5.73 Å². The molecule has 1 fully saturated rings. The Labute approximate surface area is 84.8 Å². The van der Waals surface area contributed by atoms with Crippen molar-refractivity contribution in [2.75, 3.05) is 18.1 Å². The van der Waals surface area contributed by atoms with Crippen LogP contribution in [-0.4, -0.2) is 32.6 Å². The van der Waals surface area contributed by atoms with Gasteiger partial charge in [0.1, 0.15) is 6.17 Å². The van der Waals surface area contributed by atoms with Gasteiger partial charge < -0.3 is 5.73 Å². The lowest BCUT2D eigenvalue weighted by Crippen LogP contribution is -2.26. The van der Waals surface area contributed by atoms with E-state index in [0.29, 0.717) is 19.4 Å². The van der Waals surface area contributed by atoms with E-state index >= 15 is 0 Å². The lowest BCUT2D eigenvalue weighted by Gasteiger charge is -2.23. The molecule has 1 aliphatic heterocycles. The van der Waals surface area contributed by atoms with Gasteiger partial charge in [0.05, 0.1) is 11.5 Å². The fraction of sp³-hybridized carbons (Fsp3) is 1.00. The fourth-order valence-electron chi connectivity index (χ4n) is 2.19. The Morgan fingerprint density at radius 3 is 2.57 bits per heavy atom. The molecule has 3 unspecified atom stereocenters. The summed E-state index contributed by atoms with van der Waals surface area (Å²) in [6.45, 7) is 1.92. The highest BCUT2D eigenvalue weighted by atomic mass is 32.2. The molecule has 0 spiro atoms. The maximum atomic E-state index is 13.2. The summed E-state index contributed by atoms with van der Waals surface area (Å²) < 4.78 is 35.6. The van der Waals surface area contributed by atoms with Gasteiger partial charge in [0, 0.05) is 0 Å². The van der Waals surface area contributed by atoms with Gasteiger partial charge >= 0.3 is 0 Å². The molecule has 1 saturated heterocycles. The molecule has 84 valence electrons. The van der Waals surface area contributed by atoms with E-state index in [0.717, 1.165) is 0 Å². The Morgan fingerprint density at radius 2 is 2.21 bits per heavy atom. The first-order chi connectivity index (χ1) is 6.46. The second-order valence-electron chi connectivity index (χ2n) is 4.08. The SMILES string of the molecule is CC(F)C(CCN)C1CCS(=O)(=O)C1. The smallest absolute Gasteiger partial charge is 0.150 e. The molecule has 0 aromatic heterocycles. The van der Waals surface area contributed by atoms with Crippen LogP contribution in [0.25, 0.3) is 0 Å². The summed E-state index contributed by atoms with van der Waals surface area (Å²) in [4.78, 5) is 0. The summed E-state index contributed by atoms with van der Waals surface area (Å²) in [5, 5.41) is 0. The van der Waals surface area contributed by atoms with Crippen LogP contribution in [-0.2, 0) is 9.84 Å². The van der Waals surface area contributed by atoms with Crippen LogP contribution in [0.4, 0.5) is 4.39 Å². The van der Waals surface area contributed by atoms with Crippen molar-refractivity contribution in [2.24, 2.45) is 17.6 Å². The van der Waals surface area contributed by atoms with Crippen molar-refractivity contribution in [1.29, 1.82) is 0 Å². The molecule has 0 aromatic carbocycles. The van der Waals surface area contributed by atoms with Crippen molar-refractivity contribution in [3.05, 3.63) is 0 Å². The van der Waals surface area contributed by atoms with Gasteiger partial charge in [-0.2, -0.15) is 0 Å². The van der Waals surface area contributed by atoms with Crippen molar-refractivity contribution in [2.45, 2.75) is 25.9 Å². The average Bonchev–Trinajstić information content (AvgIpc) is 2.41. The lowest BCUT2D eigenvalue weighted by atomic mass is 9.86. The highest BCUT2D eigenvalue weighted by Crippen LogP contribution is 2.31. The molecule has 0 bridgehead atoms. The minimum Gasteiger partial charge on any atom is -0.330 e. The fourth-order valence-corrected chi connectivity index (χ4v) is 4.09. The summed E-state index contributed by atoms with van der Waals surface area (Å²) in [6, 6.07) is 0.